The number of hydrogen-bond acceptors (Lipinski definition) is 3. The van der Waals surface area contributed by atoms with Crippen molar-refractivity contribution in [2.75, 3.05) is 0 Å². The summed E-state index contributed by atoms with van der Waals surface area (Å²) in [6, 6.07) is 12.6. The van der Waals surface area contributed by atoms with E-state index in [1.165, 1.54) is 11.1 Å². The number of halogens is 1. The first-order valence-corrected chi connectivity index (χ1v) is 7.91. The van der Waals surface area contributed by atoms with Crippen LogP contribution >= 0.6 is 12.4 Å². The molecule has 2 aromatic carbocycles. The predicted octanol–water partition coefficient (Wildman–Crippen LogP) is 5.02. The van der Waals surface area contributed by atoms with Gasteiger partial charge in [0.25, 0.3) is 0 Å². The normalized spacial score (nSPS) is 9.62. The third-order valence-corrected chi connectivity index (χ3v) is 4.10. The fourth-order valence-electron chi connectivity index (χ4n) is 2.97. The molecule has 2 aromatic rings. The second-order valence-corrected chi connectivity index (χ2v) is 5.31. The minimum atomic E-state index is -0.429. The van der Waals surface area contributed by atoms with Crippen molar-refractivity contribution < 1.29 is 9.59 Å². The van der Waals surface area contributed by atoms with Crippen molar-refractivity contribution in [1.82, 2.24) is 6.15 Å². The summed E-state index contributed by atoms with van der Waals surface area (Å²) in [6.07, 6.45) is 2.59. The predicted molar refractivity (Wildman–Crippen MR) is 102 cm³/mol. The minimum absolute atomic E-state index is 0. The van der Waals surface area contributed by atoms with Gasteiger partial charge < -0.3 is 6.15 Å². The second-order valence-electron chi connectivity index (χ2n) is 5.31. The molecule has 0 aliphatic carbocycles. The monoisotopic (exact) mass is 347 g/mol. The number of carbonyl (C=O) groups is 2. The topological polar surface area (TPSA) is 69.1 Å². The number of rotatable bonds is 6. The molecule has 0 radical (unpaired) electrons. The molecule has 0 amide bonds. The van der Waals surface area contributed by atoms with Crippen LogP contribution in [0, 0.1) is 0 Å². The van der Waals surface area contributed by atoms with E-state index in [4.69, 9.17) is 0 Å². The Labute approximate surface area is 150 Å². The molecule has 2 rings (SSSR count). The second kappa shape index (κ2) is 10.0. The maximum absolute atomic E-state index is 12.6. The highest BCUT2D eigenvalue weighted by molar-refractivity contribution is 6.49. The van der Waals surface area contributed by atoms with Crippen molar-refractivity contribution in [3.63, 3.8) is 0 Å². The zero-order valence-corrected chi connectivity index (χ0v) is 15.4. The van der Waals surface area contributed by atoms with Crippen molar-refractivity contribution in [2.24, 2.45) is 0 Å². The van der Waals surface area contributed by atoms with Crippen LogP contribution < -0.4 is 6.15 Å². The van der Waals surface area contributed by atoms with E-state index in [0.29, 0.717) is 11.1 Å². The first kappa shape index (κ1) is 22.0. The van der Waals surface area contributed by atoms with Gasteiger partial charge in [0.05, 0.1) is 0 Å². The number of hydrogen-bond donors (Lipinski definition) is 1. The summed E-state index contributed by atoms with van der Waals surface area (Å²) in [5, 5.41) is 0. The average molecular weight is 348 g/mol. The van der Waals surface area contributed by atoms with Crippen molar-refractivity contribution in [3.05, 3.63) is 70.3 Å². The summed E-state index contributed by atoms with van der Waals surface area (Å²) in [6.45, 7) is 6.25. The highest BCUT2D eigenvalue weighted by Crippen LogP contribution is 2.23. The number of ketones is 2. The molecule has 130 valence electrons. The van der Waals surface area contributed by atoms with Crippen LogP contribution in [-0.4, -0.2) is 11.6 Å². The summed E-state index contributed by atoms with van der Waals surface area (Å²) >= 11 is 0. The molecular formula is C20H26ClNO2. The van der Waals surface area contributed by atoms with Gasteiger partial charge in [-0.15, -0.1) is 12.4 Å². The molecule has 0 spiro atoms. The smallest absolute Gasteiger partial charge is 0.233 e. The standard InChI is InChI=1S/C20H22O2.ClH.H3N/c1-4-14-12-13-18(17(6-3)16(14)5-2)20(22)19(21)15-10-8-7-9-11-15;;/h7-13H,4-6H2,1-3H3;1H;1H3. The molecule has 0 heterocycles. The van der Waals surface area contributed by atoms with Gasteiger partial charge in [0.15, 0.2) is 0 Å². The molecule has 4 heteroatoms. The molecule has 24 heavy (non-hydrogen) atoms. The Morgan fingerprint density at radius 3 is 1.83 bits per heavy atom. The molecule has 0 saturated carbocycles. The van der Waals surface area contributed by atoms with Gasteiger partial charge in [0.2, 0.25) is 11.6 Å². The summed E-state index contributed by atoms with van der Waals surface area (Å²) in [5.41, 5.74) is 4.52. The number of aryl methyl sites for hydroxylation is 1. The first-order chi connectivity index (χ1) is 10.6. The van der Waals surface area contributed by atoms with Crippen molar-refractivity contribution >= 4 is 24.0 Å². The SMILES string of the molecule is CCc1ccc(C(=O)C(=O)c2ccccc2)c(CC)c1CC.Cl.N. The summed E-state index contributed by atoms with van der Waals surface area (Å²) in [5.74, 6) is -0.831. The third kappa shape index (κ3) is 4.31. The molecular weight excluding hydrogens is 322 g/mol. The Morgan fingerprint density at radius 2 is 1.33 bits per heavy atom. The molecule has 0 saturated heterocycles. The van der Waals surface area contributed by atoms with Crippen LogP contribution in [0.4, 0.5) is 0 Å². The molecule has 3 N–H and O–H groups in total. The number of benzene rings is 2. The summed E-state index contributed by atoms with van der Waals surface area (Å²) in [4.78, 5) is 25.1. The van der Waals surface area contributed by atoms with E-state index in [2.05, 4.69) is 13.8 Å². The Kier molecular flexibility index (Phi) is 9.19. The van der Waals surface area contributed by atoms with Crippen molar-refractivity contribution in [2.45, 2.75) is 40.0 Å². The maximum atomic E-state index is 12.6. The van der Waals surface area contributed by atoms with Crippen LogP contribution in [0.15, 0.2) is 42.5 Å². The van der Waals surface area contributed by atoms with Crippen LogP contribution in [-0.2, 0) is 19.3 Å². The Bertz CT molecular complexity index is 696. The Morgan fingerprint density at radius 1 is 0.750 bits per heavy atom. The van der Waals surface area contributed by atoms with Gasteiger partial charge in [0.1, 0.15) is 0 Å². The Hall–Kier alpha value is -1.97. The van der Waals surface area contributed by atoms with Gasteiger partial charge in [0, 0.05) is 11.1 Å². The largest absolute Gasteiger partial charge is 0.344 e. The van der Waals surface area contributed by atoms with Crippen LogP contribution in [0.25, 0.3) is 0 Å². The molecule has 3 nitrogen and oxygen atoms in total. The third-order valence-electron chi connectivity index (χ3n) is 4.10. The van der Waals surface area contributed by atoms with Crippen LogP contribution in [0.1, 0.15) is 58.2 Å². The Balaban J connectivity index is 0.00000264. The molecule has 0 aromatic heterocycles. The van der Waals surface area contributed by atoms with Gasteiger partial charge in [-0.2, -0.15) is 0 Å². The molecule has 0 unspecified atom stereocenters. The molecule has 0 atom stereocenters. The lowest BCUT2D eigenvalue weighted by molar-refractivity contribution is 0.0816. The molecule has 0 fully saturated rings. The first-order valence-electron chi connectivity index (χ1n) is 7.91. The lowest BCUT2D eigenvalue weighted by Gasteiger charge is -2.15. The number of carbonyl (C=O) groups excluding carboxylic acids is 2. The van der Waals surface area contributed by atoms with Crippen molar-refractivity contribution in [3.8, 4) is 0 Å². The van der Waals surface area contributed by atoms with Gasteiger partial charge in [-0.1, -0.05) is 63.2 Å². The molecule has 0 bridgehead atoms. The highest BCUT2D eigenvalue weighted by Gasteiger charge is 2.22. The molecule has 0 aliphatic heterocycles. The van der Waals surface area contributed by atoms with E-state index < -0.39 is 11.6 Å². The lowest BCUT2D eigenvalue weighted by Crippen LogP contribution is -2.17. The fraction of sp³-hybridized carbons (Fsp3) is 0.300. The minimum Gasteiger partial charge on any atom is -0.344 e. The van der Waals surface area contributed by atoms with Gasteiger partial charge in [-0.25, -0.2) is 0 Å². The van der Waals surface area contributed by atoms with Gasteiger partial charge in [-0.05, 0) is 36.0 Å². The van der Waals surface area contributed by atoms with E-state index >= 15 is 0 Å². The van der Waals surface area contributed by atoms with Gasteiger partial charge in [-0.3, -0.25) is 9.59 Å². The van der Waals surface area contributed by atoms with Crippen LogP contribution in [0.2, 0.25) is 0 Å². The van der Waals surface area contributed by atoms with Crippen molar-refractivity contribution in [1.29, 1.82) is 0 Å². The summed E-state index contributed by atoms with van der Waals surface area (Å²) < 4.78 is 0. The van der Waals surface area contributed by atoms with E-state index in [-0.39, 0.29) is 18.6 Å². The van der Waals surface area contributed by atoms with Gasteiger partial charge >= 0.3 is 0 Å². The van der Waals surface area contributed by atoms with E-state index in [1.807, 2.05) is 25.1 Å². The lowest BCUT2D eigenvalue weighted by atomic mass is 9.88. The zero-order valence-electron chi connectivity index (χ0n) is 14.6. The van der Waals surface area contributed by atoms with E-state index in [9.17, 15) is 9.59 Å². The maximum Gasteiger partial charge on any atom is 0.233 e. The average Bonchev–Trinajstić information content (AvgIpc) is 2.59. The van der Waals surface area contributed by atoms with E-state index in [0.717, 1.165) is 24.8 Å². The quantitative estimate of drug-likeness (QED) is 0.589. The summed E-state index contributed by atoms with van der Waals surface area (Å²) in [7, 11) is 0. The fourth-order valence-corrected chi connectivity index (χ4v) is 2.97. The van der Waals surface area contributed by atoms with Crippen LogP contribution in [0.5, 0.6) is 0 Å². The van der Waals surface area contributed by atoms with E-state index in [1.54, 1.807) is 24.3 Å². The van der Waals surface area contributed by atoms with Crippen LogP contribution in [0.3, 0.4) is 0 Å². The highest BCUT2D eigenvalue weighted by atomic mass is 35.5. The molecule has 0 aliphatic rings. The number of Topliss-reactive ketones (excluding diaryl/α,β-unsaturated/α-hetero) is 2. The zero-order chi connectivity index (χ0) is 16.1.